The number of thioether (sulfide) groups is 2. The summed E-state index contributed by atoms with van der Waals surface area (Å²) in [5.74, 6) is -3.28. The lowest BCUT2D eigenvalue weighted by Gasteiger charge is -2.05. The molecule has 12 nitrogen and oxygen atoms in total. The van der Waals surface area contributed by atoms with Gasteiger partial charge in [0.05, 0.1) is 32.7 Å². The molecule has 0 saturated carbocycles. The maximum atomic E-state index is 13.8. The third-order valence-electron chi connectivity index (χ3n) is 3.91. The van der Waals surface area contributed by atoms with Crippen LogP contribution < -0.4 is 10.6 Å². The Bertz CT molecular complexity index is 1210. The van der Waals surface area contributed by atoms with E-state index < -0.39 is 33.3 Å². The largest absolute Gasteiger partial charge is 0.323 e. The molecule has 1 aromatic heterocycles. The second kappa shape index (κ2) is 11.6. The van der Waals surface area contributed by atoms with Crippen LogP contribution in [-0.2, 0) is 9.59 Å². The van der Waals surface area contributed by atoms with E-state index in [0.717, 1.165) is 71.3 Å². The van der Waals surface area contributed by atoms with E-state index in [2.05, 4.69) is 20.8 Å². The van der Waals surface area contributed by atoms with Gasteiger partial charge in [-0.2, -0.15) is 0 Å². The molecule has 0 aliphatic heterocycles. The Kier molecular flexibility index (Phi) is 8.61. The third-order valence-corrected chi connectivity index (χ3v) is 7.10. The van der Waals surface area contributed by atoms with Gasteiger partial charge in [-0.05, 0) is 12.1 Å². The Balaban J connectivity index is 1.48. The maximum Gasteiger partial charge on any atom is 0.271 e. The molecule has 0 fully saturated rings. The molecule has 2 amide bonds. The molecular formula is C18H12F2N6O6S3. The molecule has 0 aliphatic carbocycles. The van der Waals surface area contributed by atoms with Gasteiger partial charge in [0.1, 0.15) is 11.6 Å². The average molecular weight is 543 g/mol. The van der Waals surface area contributed by atoms with Crippen molar-refractivity contribution in [1.82, 2.24) is 10.2 Å². The third kappa shape index (κ3) is 7.39. The van der Waals surface area contributed by atoms with Gasteiger partial charge >= 0.3 is 0 Å². The highest BCUT2D eigenvalue weighted by atomic mass is 32.2. The number of halogens is 2. The molecule has 0 atom stereocenters. The zero-order valence-electron chi connectivity index (χ0n) is 17.1. The summed E-state index contributed by atoms with van der Waals surface area (Å²) in [4.78, 5) is 44.3. The number of nitrogens with one attached hydrogen (secondary N) is 2. The minimum Gasteiger partial charge on any atom is -0.323 e. The molecule has 35 heavy (non-hydrogen) atoms. The molecule has 0 bridgehead atoms. The van der Waals surface area contributed by atoms with Crippen molar-refractivity contribution in [2.45, 2.75) is 8.68 Å². The standard InChI is InChI=1S/C18H12F2N6O6S3/c19-11-3-1-9(25(29)30)5-13(11)21-15(27)7-33-17-23-24-18(35-17)34-8-16(28)22-14-6-10(26(31)32)2-4-12(14)20/h1-6H,7-8H2,(H,21,27)(H,22,28). The molecule has 2 N–H and O–H groups in total. The minimum absolute atomic E-state index is 0.187. The summed E-state index contributed by atoms with van der Waals surface area (Å²) in [5.41, 5.74) is -1.41. The Morgan fingerprint density at radius 1 is 0.829 bits per heavy atom. The number of hydrogen-bond acceptors (Lipinski definition) is 11. The van der Waals surface area contributed by atoms with Crippen LogP contribution in [0, 0.1) is 31.9 Å². The Hall–Kier alpha value is -3.70. The van der Waals surface area contributed by atoms with Crippen LogP contribution in [0.4, 0.5) is 31.5 Å². The summed E-state index contributed by atoms with van der Waals surface area (Å²) in [5, 5.41) is 33.8. The molecule has 17 heteroatoms. The second-order valence-corrected chi connectivity index (χ2v) is 9.77. The average Bonchev–Trinajstić information content (AvgIpc) is 3.27. The lowest BCUT2D eigenvalue weighted by molar-refractivity contribution is -0.385. The number of nitro groups is 2. The Labute approximate surface area is 206 Å². The molecule has 0 saturated heterocycles. The smallest absolute Gasteiger partial charge is 0.271 e. The van der Waals surface area contributed by atoms with Crippen LogP contribution in [0.15, 0.2) is 45.1 Å². The van der Waals surface area contributed by atoms with Gasteiger partial charge in [0, 0.05) is 24.3 Å². The summed E-state index contributed by atoms with van der Waals surface area (Å²) < 4.78 is 28.3. The van der Waals surface area contributed by atoms with Gasteiger partial charge in [-0.3, -0.25) is 29.8 Å². The van der Waals surface area contributed by atoms with Crippen LogP contribution in [0.5, 0.6) is 0 Å². The van der Waals surface area contributed by atoms with Gasteiger partial charge in [0.2, 0.25) is 11.8 Å². The van der Waals surface area contributed by atoms with E-state index in [1.807, 2.05) is 0 Å². The first-order valence-electron chi connectivity index (χ1n) is 9.19. The molecule has 1 heterocycles. The fourth-order valence-corrected chi connectivity index (χ4v) is 5.01. The van der Waals surface area contributed by atoms with Crippen molar-refractivity contribution < 1.29 is 28.2 Å². The highest BCUT2D eigenvalue weighted by Crippen LogP contribution is 2.29. The fraction of sp³-hybridized carbons (Fsp3) is 0.111. The maximum absolute atomic E-state index is 13.8. The number of rotatable bonds is 10. The molecule has 0 unspecified atom stereocenters. The van der Waals surface area contributed by atoms with Crippen molar-refractivity contribution in [2.24, 2.45) is 0 Å². The monoisotopic (exact) mass is 542 g/mol. The van der Waals surface area contributed by atoms with E-state index in [1.165, 1.54) is 0 Å². The quantitative estimate of drug-likeness (QED) is 0.216. The summed E-state index contributed by atoms with van der Waals surface area (Å²) in [6.45, 7) is 0. The van der Waals surface area contributed by atoms with Gasteiger partial charge < -0.3 is 10.6 Å². The van der Waals surface area contributed by atoms with Crippen molar-refractivity contribution in [3.63, 3.8) is 0 Å². The topological polar surface area (TPSA) is 170 Å². The molecule has 2 aromatic carbocycles. The molecular weight excluding hydrogens is 530 g/mol. The van der Waals surface area contributed by atoms with E-state index >= 15 is 0 Å². The van der Waals surface area contributed by atoms with Gasteiger partial charge in [-0.1, -0.05) is 34.9 Å². The van der Waals surface area contributed by atoms with Crippen molar-refractivity contribution in [1.29, 1.82) is 0 Å². The summed E-state index contributed by atoms with van der Waals surface area (Å²) in [6, 6.07) is 5.50. The number of anilines is 2. The second-order valence-electron chi connectivity index (χ2n) is 6.35. The lowest BCUT2D eigenvalue weighted by atomic mass is 10.2. The molecule has 0 aliphatic rings. The van der Waals surface area contributed by atoms with Crippen LogP contribution in [0.1, 0.15) is 0 Å². The lowest BCUT2D eigenvalue weighted by Crippen LogP contribution is -2.15. The molecule has 0 spiro atoms. The van der Waals surface area contributed by atoms with Gasteiger partial charge in [-0.15, -0.1) is 10.2 Å². The van der Waals surface area contributed by atoms with E-state index in [-0.39, 0.29) is 34.3 Å². The van der Waals surface area contributed by atoms with E-state index in [0.29, 0.717) is 8.68 Å². The first-order chi connectivity index (χ1) is 16.6. The van der Waals surface area contributed by atoms with Crippen LogP contribution in [-0.4, -0.2) is 43.4 Å². The van der Waals surface area contributed by atoms with Crippen LogP contribution in [0.3, 0.4) is 0 Å². The van der Waals surface area contributed by atoms with E-state index in [9.17, 15) is 38.6 Å². The number of nitrogens with zero attached hydrogens (tertiary/aromatic N) is 4. The highest BCUT2D eigenvalue weighted by Gasteiger charge is 2.16. The molecule has 3 rings (SSSR count). The van der Waals surface area contributed by atoms with Crippen molar-refractivity contribution in [2.75, 3.05) is 22.1 Å². The van der Waals surface area contributed by atoms with Gasteiger partial charge in [0.25, 0.3) is 11.4 Å². The van der Waals surface area contributed by atoms with Gasteiger partial charge in [0.15, 0.2) is 8.68 Å². The minimum atomic E-state index is -0.827. The predicted octanol–water partition coefficient (Wildman–Crippen LogP) is 4.09. The van der Waals surface area contributed by atoms with Crippen LogP contribution in [0.2, 0.25) is 0 Å². The van der Waals surface area contributed by atoms with Crippen molar-refractivity contribution >= 4 is 69.4 Å². The van der Waals surface area contributed by atoms with Crippen LogP contribution in [0.25, 0.3) is 0 Å². The molecule has 182 valence electrons. The number of amides is 2. The van der Waals surface area contributed by atoms with Gasteiger partial charge in [-0.25, -0.2) is 8.78 Å². The first kappa shape index (κ1) is 25.9. The number of hydrogen-bond donors (Lipinski definition) is 2. The van der Waals surface area contributed by atoms with Crippen molar-refractivity contribution in [3.8, 4) is 0 Å². The number of benzene rings is 2. The molecule has 3 aromatic rings. The summed E-state index contributed by atoms with van der Waals surface area (Å²) in [6.07, 6.45) is 0. The number of carbonyl (C=O) groups is 2. The van der Waals surface area contributed by atoms with E-state index in [1.54, 1.807) is 0 Å². The predicted molar refractivity (Wildman–Crippen MR) is 125 cm³/mol. The van der Waals surface area contributed by atoms with Crippen LogP contribution >= 0.6 is 34.9 Å². The highest BCUT2D eigenvalue weighted by molar-refractivity contribution is 8.03. The number of carbonyl (C=O) groups excluding carboxylic acids is 2. The summed E-state index contributed by atoms with van der Waals surface area (Å²) >= 11 is 3.02. The SMILES string of the molecule is O=C(CSc1nnc(SCC(=O)Nc2cc([N+](=O)[O-])ccc2F)s1)Nc1cc([N+](=O)[O-])ccc1F. The zero-order chi connectivity index (χ0) is 25.5. The fourth-order valence-electron chi connectivity index (χ4n) is 2.39. The zero-order valence-corrected chi connectivity index (χ0v) is 19.5. The Morgan fingerprint density at radius 2 is 1.23 bits per heavy atom. The normalized spacial score (nSPS) is 10.6. The van der Waals surface area contributed by atoms with E-state index in [4.69, 9.17) is 0 Å². The Morgan fingerprint density at radius 3 is 1.60 bits per heavy atom. The number of non-ortho nitro benzene ring substituents is 2. The number of aromatic nitrogens is 2. The number of nitro benzene ring substituents is 2. The first-order valence-corrected chi connectivity index (χ1v) is 12.0. The van der Waals surface area contributed by atoms with Crippen molar-refractivity contribution in [3.05, 3.63) is 68.3 Å². The summed E-state index contributed by atoms with van der Waals surface area (Å²) in [7, 11) is 0. The molecule has 0 radical (unpaired) electrons.